The van der Waals surface area contributed by atoms with Crippen molar-refractivity contribution in [2.45, 2.75) is 72.3 Å². The van der Waals surface area contributed by atoms with Crippen molar-refractivity contribution in [3.8, 4) is 0 Å². The Morgan fingerprint density at radius 1 is 1.23 bits per heavy atom. The second kappa shape index (κ2) is 4.49. The second-order valence-electron chi connectivity index (χ2n) is 8.92. The lowest BCUT2D eigenvalue weighted by atomic mass is 9.46. The van der Waals surface area contributed by atoms with Crippen LogP contribution in [0.3, 0.4) is 0 Å². The van der Waals surface area contributed by atoms with Crippen LogP contribution in [0.5, 0.6) is 0 Å². The van der Waals surface area contributed by atoms with Crippen LogP contribution in [0.2, 0.25) is 0 Å². The van der Waals surface area contributed by atoms with Crippen LogP contribution in [0.1, 0.15) is 66.2 Å². The summed E-state index contributed by atoms with van der Waals surface area (Å²) in [5.41, 5.74) is 4.46. The first kappa shape index (κ1) is 14.5. The molecule has 0 aromatic carbocycles. The molecule has 4 aliphatic rings. The molecule has 0 aromatic heterocycles. The highest BCUT2D eigenvalue weighted by molar-refractivity contribution is 5.92. The monoisotopic (exact) mass is 300 g/mol. The van der Waals surface area contributed by atoms with Crippen molar-refractivity contribution in [1.82, 2.24) is 0 Å². The molecule has 120 valence electrons. The van der Waals surface area contributed by atoms with Crippen molar-refractivity contribution in [2.24, 2.45) is 22.7 Å². The molecule has 4 atom stereocenters. The molecule has 0 spiro atoms. The number of carbonyl (C=O) groups is 1. The first-order valence-electron chi connectivity index (χ1n) is 8.95. The summed E-state index contributed by atoms with van der Waals surface area (Å²) in [6.07, 6.45) is 9.96. The van der Waals surface area contributed by atoms with E-state index in [1.807, 2.05) is 6.92 Å². The van der Waals surface area contributed by atoms with Crippen molar-refractivity contribution in [2.75, 3.05) is 0 Å². The van der Waals surface area contributed by atoms with Gasteiger partial charge in [-0.05, 0) is 61.7 Å². The van der Waals surface area contributed by atoms with E-state index >= 15 is 0 Å². The number of rotatable bonds is 0. The maximum Gasteiger partial charge on any atom is 0.334 e. The van der Waals surface area contributed by atoms with E-state index in [2.05, 4.69) is 26.8 Å². The predicted octanol–water partition coefficient (Wildman–Crippen LogP) is 4.80. The molecular weight excluding hydrogens is 272 g/mol. The van der Waals surface area contributed by atoms with Crippen LogP contribution in [0.4, 0.5) is 0 Å². The van der Waals surface area contributed by atoms with E-state index in [1.165, 1.54) is 37.7 Å². The molecule has 2 saturated carbocycles. The van der Waals surface area contributed by atoms with Crippen LogP contribution in [-0.2, 0) is 9.53 Å². The Balaban J connectivity index is 1.74. The molecular formula is C20H28O2. The van der Waals surface area contributed by atoms with E-state index in [0.717, 1.165) is 17.9 Å². The Kier molecular flexibility index (Phi) is 2.97. The zero-order chi connectivity index (χ0) is 15.7. The van der Waals surface area contributed by atoms with Crippen molar-refractivity contribution in [3.63, 3.8) is 0 Å². The molecule has 0 radical (unpaired) electrons. The van der Waals surface area contributed by atoms with Crippen molar-refractivity contribution >= 4 is 5.97 Å². The molecule has 3 aliphatic carbocycles. The molecule has 1 aliphatic heterocycles. The van der Waals surface area contributed by atoms with Gasteiger partial charge in [-0.15, -0.1) is 0 Å². The highest BCUT2D eigenvalue weighted by Gasteiger charge is 2.55. The quantitative estimate of drug-likeness (QED) is 0.601. The van der Waals surface area contributed by atoms with Crippen LogP contribution < -0.4 is 0 Å². The summed E-state index contributed by atoms with van der Waals surface area (Å²) in [5, 5.41) is 0. The maximum absolute atomic E-state index is 11.9. The summed E-state index contributed by atoms with van der Waals surface area (Å²) in [4.78, 5) is 11.9. The molecule has 0 bridgehead atoms. The molecule has 4 rings (SSSR count). The van der Waals surface area contributed by atoms with Crippen LogP contribution in [0, 0.1) is 22.7 Å². The largest absolute Gasteiger partial charge is 0.454 e. The SMILES string of the molecule is CC1=C2C=C3CC[C@@H]4C(C)(C)CCC[C@@]4(C)[C@H]3C[C@@H]2OC1=O. The van der Waals surface area contributed by atoms with E-state index in [-0.39, 0.29) is 12.1 Å². The number of ether oxygens (including phenoxy) is 1. The Labute approximate surface area is 134 Å². The molecule has 0 N–H and O–H groups in total. The molecule has 22 heavy (non-hydrogen) atoms. The van der Waals surface area contributed by atoms with Crippen LogP contribution in [0.15, 0.2) is 22.8 Å². The third-order valence-corrected chi connectivity index (χ3v) is 7.37. The molecule has 2 heteroatoms. The first-order valence-corrected chi connectivity index (χ1v) is 8.95. The lowest BCUT2D eigenvalue weighted by molar-refractivity contribution is -0.141. The number of hydrogen-bond acceptors (Lipinski definition) is 2. The highest BCUT2D eigenvalue weighted by atomic mass is 16.5. The molecule has 2 nitrogen and oxygen atoms in total. The standard InChI is InChI=1S/C20H28O2/c1-12-14-10-13-6-7-17-19(2,3)8-5-9-20(17,4)15(13)11-16(14)22-18(12)21/h10,15-17H,5-9,11H2,1-4H3/t15-,16-,17+,20-/m0/s1. The van der Waals surface area contributed by atoms with Gasteiger partial charge < -0.3 is 4.74 Å². The predicted molar refractivity (Wildman–Crippen MR) is 87.2 cm³/mol. The summed E-state index contributed by atoms with van der Waals surface area (Å²) in [6.45, 7) is 9.38. The van der Waals surface area contributed by atoms with Gasteiger partial charge in [-0.2, -0.15) is 0 Å². The molecule has 0 unspecified atom stereocenters. The average Bonchev–Trinajstić information content (AvgIpc) is 2.72. The highest BCUT2D eigenvalue weighted by Crippen LogP contribution is 2.63. The summed E-state index contributed by atoms with van der Waals surface area (Å²) in [7, 11) is 0. The van der Waals surface area contributed by atoms with Gasteiger partial charge in [0.25, 0.3) is 0 Å². The Bertz CT molecular complexity index is 595. The fraction of sp³-hybridized carbons (Fsp3) is 0.750. The lowest BCUT2D eigenvalue weighted by Crippen LogP contribution is -2.51. The number of esters is 1. The van der Waals surface area contributed by atoms with E-state index < -0.39 is 0 Å². The zero-order valence-electron chi connectivity index (χ0n) is 14.4. The summed E-state index contributed by atoms with van der Waals surface area (Å²) < 4.78 is 5.65. The van der Waals surface area contributed by atoms with Crippen LogP contribution in [-0.4, -0.2) is 12.1 Å². The fourth-order valence-corrected chi connectivity index (χ4v) is 6.24. The third-order valence-electron chi connectivity index (χ3n) is 7.37. The molecule has 1 heterocycles. The smallest absolute Gasteiger partial charge is 0.334 e. The van der Waals surface area contributed by atoms with E-state index in [9.17, 15) is 4.79 Å². The number of hydrogen-bond donors (Lipinski definition) is 0. The Morgan fingerprint density at radius 3 is 2.77 bits per heavy atom. The molecule has 0 amide bonds. The minimum Gasteiger partial charge on any atom is -0.454 e. The number of carbonyl (C=O) groups excluding carboxylic acids is 1. The zero-order valence-corrected chi connectivity index (χ0v) is 14.4. The minimum atomic E-state index is -0.0961. The fourth-order valence-electron chi connectivity index (χ4n) is 6.24. The van der Waals surface area contributed by atoms with Gasteiger partial charge >= 0.3 is 5.97 Å². The van der Waals surface area contributed by atoms with E-state index in [0.29, 0.717) is 16.7 Å². The van der Waals surface area contributed by atoms with Gasteiger partial charge in [0.1, 0.15) is 6.10 Å². The van der Waals surface area contributed by atoms with Gasteiger partial charge in [0.15, 0.2) is 0 Å². The average molecular weight is 300 g/mol. The molecule has 2 fully saturated rings. The van der Waals surface area contributed by atoms with Crippen molar-refractivity contribution in [3.05, 3.63) is 22.8 Å². The van der Waals surface area contributed by atoms with Crippen LogP contribution >= 0.6 is 0 Å². The minimum absolute atomic E-state index is 0.0295. The van der Waals surface area contributed by atoms with Gasteiger partial charge in [0, 0.05) is 11.1 Å². The van der Waals surface area contributed by atoms with Gasteiger partial charge in [0.05, 0.1) is 0 Å². The lowest BCUT2D eigenvalue weighted by Gasteiger charge is -2.59. The number of fused-ring (bicyclic) bond motifs is 4. The maximum atomic E-state index is 11.9. The Morgan fingerprint density at radius 2 is 2.00 bits per heavy atom. The van der Waals surface area contributed by atoms with Gasteiger partial charge in [-0.1, -0.05) is 38.8 Å². The van der Waals surface area contributed by atoms with E-state index in [4.69, 9.17) is 4.74 Å². The summed E-state index contributed by atoms with van der Waals surface area (Å²) >= 11 is 0. The molecule has 0 saturated heterocycles. The van der Waals surface area contributed by atoms with Gasteiger partial charge in [-0.25, -0.2) is 4.79 Å². The van der Waals surface area contributed by atoms with Crippen molar-refractivity contribution < 1.29 is 9.53 Å². The van der Waals surface area contributed by atoms with Gasteiger partial charge in [-0.3, -0.25) is 0 Å². The van der Waals surface area contributed by atoms with Gasteiger partial charge in [0.2, 0.25) is 0 Å². The molecule has 0 aromatic rings. The summed E-state index contributed by atoms with van der Waals surface area (Å²) in [5.74, 6) is 1.32. The van der Waals surface area contributed by atoms with E-state index in [1.54, 1.807) is 5.57 Å². The third kappa shape index (κ3) is 1.82. The Hall–Kier alpha value is -1.05. The van der Waals surface area contributed by atoms with Crippen LogP contribution in [0.25, 0.3) is 0 Å². The first-order chi connectivity index (χ1) is 10.3. The summed E-state index contributed by atoms with van der Waals surface area (Å²) in [6, 6.07) is 0. The van der Waals surface area contributed by atoms with Crippen molar-refractivity contribution in [1.29, 1.82) is 0 Å². The number of allylic oxidation sites excluding steroid dienone is 1. The second-order valence-corrected chi connectivity index (χ2v) is 8.92. The normalized spacial score (nSPS) is 43.0. The topological polar surface area (TPSA) is 26.3 Å².